The zero-order valence-electron chi connectivity index (χ0n) is 11.2. The average Bonchev–Trinajstić information content (AvgIpc) is 2.37. The third-order valence-corrected chi connectivity index (χ3v) is 2.54. The summed E-state index contributed by atoms with van der Waals surface area (Å²) in [5.74, 6) is 0. The molecule has 104 valence electrons. The molecule has 0 fully saturated rings. The van der Waals surface area contributed by atoms with Crippen molar-refractivity contribution in [1.82, 2.24) is 9.88 Å². The predicted molar refractivity (Wildman–Crippen MR) is 73.8 cm³/mol. The second-order valence-electron chi connectivity index (χ2n) is 4.44. The number of aromatic nitrogens is 1. The van der Waals surface area contributed by atoms with Crippen LogP contribution in [0, 0.1) is 10.1 Å². The van der Waals surface area contributed by atoms with Crippen molar-refractivity contribution < 1.29 is 4.92 Å². The van der Waals surface area contributed by atoms with E-state index in [9.17, 15) is 10.1 Å². The van der Waals surface area contributed by atoms with Crippen molar-refractivity contribution in [3.8, 4) is 0 Å². The molecule has 1 aromatic heterocycles. The molecule has 7 nitrogen and oxygen atoms in total. The normalized spacial score (nSPS) is 13.6. The van der Waals surface area contributed by atoms with E-state index >= 15 is 0 Å². The average molecular weight is 265 g/mol. The highest BCUT2D eigenvalue weighted by molar-refractivity contribution is 5.89. The van der Waals surface area contributed by atoms with E-state index in [0.29, 0.717) is 18.7 Å². The number of nitrogens with two attached hydrogens (primary N) is 1. The summed E-state index contributed by atoms with van der Waals surface area (Å²) in [6, 6.07) is 3.63. The zero-order valence-corrected chi connectivity index (χ0v) is 11.2. The SMILES string of the molecule is CN(C)CCN=C(Cc1cccnc1)C(N)[N+](=O)[O-]. The van der Waals surface area contributed by atoms with Gasteiger partial charge in [0.05, 0.1) is 6.54 Å². The van der Waals surface area contributed by atoms with Gasteiger partial charge in [-0.2, -0.15) is 0 Å². The van der Waals surface area contributed by atoms with Crippen molar-refractivity contribution in [3.63, 3.8) is 0 Å². The Morgan fingerprint density at radius 2 is 2.37 bits per heavy atom. The van der Waals surface area contributed by atoms with Gasteiger partial charge in [-0.15, -0.1) is 0 Å². The summed E-state index contributed by atoms with van der Waals surface area (Å²) in [4.78, 5) is 20.5. The van der Waals surface area contributed by atoms with Gasteiger partial charge in [-0.05, 0) is 25.7 Å². The fourth-order valence-electron chi connectivity index (χ4n) is 1.48. The molecule has 1 atom stereocenters. The second kappa shape index (κ2) is 7.55. The molecule has 0 amide bonds. The molecule has 0 saturated carbocycles. The fraction of sp³-hybridized carbons (Fsp3) is 0.500. The summed E-state index contributed by atoms with van der Waals surface area (Å²) < 4.78 is 0. The van der Waals surface area contributed by atoms with Gasteiger partial charge in [-0.25, -0.2) is 0 Å². The highest BCUT2D eigenvalue weighted by Crippen LogP contribution is 2.02. The van der Waals surface area contributed by atoms with Gasteiger partial charge in [0.15, 0.2) is 0 Å². The fourth-order valence-corrected chi connectivity index (χ4v) is 1.48. The molecule has 0 aromatic carbocycles. The topological polar surface area (TPSA) is 97.7 Å². The predicted octanol–water partition coefficient (Wildman–Crippen LogP) is 0.188. The molecule has 2 N–H and O–H groups in total. The lowest BCUT2D eigenvalue weighted by Gasteiger charge is -2.10. The lowest BCUT2D eigenvalue weighted by atomic mass is 10.1. The van der Waals surface area contributed by atoms with Crippen LogP contribution in [0.25, 0.3) is 0 Å². The van der Waals surface area contributed by atoms with E-state index in [1.165, 1.54) is 0 Å². The number of nitrogens with zero attached hydrogens (tertiary/aromatic N) is 4. The molecule has 1 unspecified atom stereocenters. The molecule has 1 heterocycles. The van der Waals surface area contributed by atoms with E-state index in [2.05, 4.69) is 9.98 Å². The van der Waals surface area contributed by atoms with Crippen LogP contribution in [-0.4, -0.2) is 53.9 Å². The molecule has 7 heteroatoms. The number of rotatable bonds is 7. The van der Waals surface area contributed by atoms with Gasteiger partial charge in [0.1, 0.15) is 5.71 Å². The highest BCUT2D eigenvalue weighted by atomic mass is 16.6. The van der Waals surface area contributed by atoms with Crippen LogP contribution >= 0.6 is 0 Å². The van der Waals surface area contributed by atoms with Crippen LogP contribution in [0.1, 0.15) is 5.56 Å². The molecule has 0 saturated heterocycles. The molecule has 1 rings (SSSR count). The van der Waals surface area contributed by atoms with E-state index in [1.54, 1.807) is 18.5 Å². The molecule has 0 aliphatic heterocycles. The Morgan fingerprint density at radius 3 is 2.89 bits per heavy atom. The maximum atomic E-state index is 10.8. The monoisotopic (exact) mass is 265 g/mol. The highest BCUT2D eigenvalue weighted by Gasteiger charge is 2.21. The largest absolute Gasteiger partial charge is 0.308 e. The molecule has 0 bridgehead atoms. The van der Waals surface area contributed by atoms with Gasteiger partial charge in [0, 0.05) is 30.3 Å². The Balaban J connectivity index is 2.77. The summed E-state index contributed by atoms with van der Waals surface area (Å²) in [6.45, 7) is 1.21. The van der Waals surface area contributed by atoms with Crippen molar-refractivity contribution in [2.45, 2.75) is 12.6 Å². The van der Waals surface area contributed by atoms with E-state index in [0.717, 1.165) is 12.1 Å². The first-order valence-electron chi connectivity index (χ1n) is 5.96. The standard InChI is InChI=1S/C12H19N5O2/c1-16(2)7-6-15-11(12(13)17(18)19)8-10-4-3-5-14-9-10/h3-5,9,12H,6-8,13H2,1-2H3. The van der Waals surface area contributed by atoms with Crippen LogP contribution in [0.2, 0.25) is 0 Å². The molecular formula is C12H19N5O2. The Hall–Kier alpha value is -1.86. The van der Waals surface area contributed by atoms with Crippen molar-refractivity contribution in [3.05, 3.63) is 40.2 Å². The minimum Gasteiger partial charge on any atom is -0.308 e. The van der Waals surface area contributed by atoms with Gasteiger partial charge >= 0.3 is 6.17 Å². The van der Waals surface area contributed by atoms with Gasteiger partial charge < -0.3 is 4.90 Å². The summed E-state index contributed by atoms with van der Waals surface area (Å²) in [5, 5.41) is 10.8. The van der Waals surface area contributed by atoms with Crippen LogP contribution in [0.5, 0.6) is 0 Å². The Labute approximate surface area is 112 Å². The molecule has 0 aliphatic rings. The maximum absolute atomic E-state index is 10.8. The minimum absolute atomic E-state index is 0.351. The molecule has 1 aromatic rings. The third kappa shape index (κ3) is 5.54. The number of pyridine rings is 1. The molecule has 0 spiro atoms. The van der Waals surface area contributed by atoms with E-state index < -0.39 is 11.1 Å². The Bertz CT molecular complexity index is 433. The Kier molecular flexibility index (Phi) is 6.04. The number of aliphatic imine (C=N–C) groups is 1. The second-order valence-corrected chi connectivity index (χ2v) is 4.44. The first-order chi connectivity index (χ1) is 9.00. The Morgan fingerprint density at radius 1 is 1.63 bits per heavy atom. The first kappa shape index (κ1) is 15.2. The van der Waals surface area contributed by atoms with Gasteiger partial charge in [0.2, 0.25) is 0 Å². The maximum Gasteiger partial charge on any atom is 0.302 e. The quantitative estimate of drug-likeness (QED) is 0.328. The van der Waals surface area contributed by atoms with E-state index in [1.807, 2.05) is 25.1 Å². The first-order valence-corrected chi connectivity index (χ1v) is 5.96. The molecule has 0 radical (unpaired) electrons. The van der Waals surface area contributed by atoms with Crippen LogP contribution in [0.3, 0.4) is 0 Å². The van der Waals surface area contributed by atoms with Gasteiger partial charge in [-0.1, -0.05) is 6.07 Å². The van der Waals surface area contributed by atoms with Crippen LogP contribution in [0.15, 0.2) is 29.5 Å². The number of hydrogen-bond donors (Lipinski definition) is 1. The van der Waals surface area contributed by atoms with Crippen LogP contribution in [0.4, 0.5) is 0 Å². The number of nitro groups is 1. The van der Waals surface area contributed by atoms with Crippen molar-refractivity contribution >= 4 is 5.71 Å². The van der Waals surface area contributed by atoms with E-state index in [-0.39, 0.29) is 0 Å². The zero-order chi connectivity index (χ0) is 14.3. The summed E-state index contributed by atoms with van der Waals surface area (Å²) in [6.07, 6.45) is 2.40. The number of hydrogen-bond acceptors (Lipinski definition) is 6. The van der Waals surface area contributed by atoms with Gasteiger partial charge in [0.25, 0.3) is 0 Å². The minimum atomic E-state index is -1.26. The number of likely N-dealkylation sites (N-methyl/N-ethyl adjacent to an activating group) is 1. The van der Waals surface area contributed by atoms with Crippen LogP contribution in [-0.2, 0) is 6.42 Å². The smallest absolute Gasteiger partial charge is 0.302 e. The molecule has 19 heavy (non-hydrogen) atoms. The third-order valence-electron chi connectivity index (χ3n) is 2.54. The van der Waals surface area contributed by atoms with E-state index in [4.69, 9.17) is 5.73 Å². The molecule has 0 aliphatic carbocycles. The summed E-state index contributed by atoms with van der Waals surface area (Å²) in [5.41, 5.74) is 6.80. The summed E-state index contributed by atoms with van der Waals surface area (Å²) >= 11 is 0. The van der Waals surface area contributed by atoms with Crippen LogP contribution < -0.4 is 5.73 Å². The lowest BCUT2D eigenvalue weighted by molar-refractivity contribution is -0.501. The van der Waals surface area contributed by atoms with Crippen molar-refractivity contribution in [2.24, 2.45) is 10.7 Å². The molecular weight excluding hydrogens is 246 g/mol. The van der Waals surface area contributed by atoms with Gasteiger partial charge in [-0.3, -0.25) is 25.8 Å². The van der Waals surface area contributed by atoms with Crippen molar-refractivity contribution in [1.29, 1.82) is 0 Å². The lowest BCUT2D eigenvalue weighted by Crippen LogP contribution is -2.39. The summed E-state index contributed by atoms with van der Waals surface area (Å²) in [7, 11) is 3.84. The van der Waals surface area contributed by atoms with Crippen molar-refractivity contribution in [2.75, 3.05) is 27.2 Å².